The van der Waals surface area contributed by atoms with E-state index < -0.39 is 0 Å². The molecule has 0 atom stereocenters. The Morgan fingerprint density at radius 2 is 2.00 bits per heavy atom. The van der Waals surface area contributed by atoms with E-state index in [-0.39, 0.29) is 5.91 Å². The van der Waals surface area contributed by atoms with Gasteiger partial charge in [0.05, 0.1) is 12.2 Å². The summed E-state index contributed by atoms with van der Waals surface area (Å²) in [7, 11) is 1.60. The van der Waals surface area contributed by atoms with E-state index in [9.17, 15) is 4.79 Å². The van der Waals surface area contributed by atoms with Crippen LogP contribution in [0, 0.1) is 0 Å². The van der Waals surface area contributed by atoms with Gasteiger partial charge in [-0.25, -0.2) is 9.97 Å². The maximum Gasteiger partial charge on any atom is 0.252 e. The minimum absolute atomic E-state index is 0.150. The minimum atomic E-state index is -0.150. The van der Waals surface area contributed by atoms with Crippen molar-refractivity contribution in [3.05, 3.63) is 47.8 Å². The molecule has 1 amide bonds. The third-order valence-corrected chi connectivity index (χ3v) is 5.04. The summed E-state index contributed by atoms with van der Waals surface area (Å²) in [5.41, 5.74) is 1.68. The van der Waals surface area contributed by atoms with Gasteiger partial charge in [-0.3, -0.25) is 4.79 Å². The molecule has 1 aliphatic rings. The number of methoxy groups -OCH3 is 1. The average Bonchev–Trinajstić information content (AvgIpc) is 2.78. The Morgan fingerprint density at radius 1 is 1.17 bits per heavy atom. The molecule has 0 aliphatic carbocycles. The zero-order valence-electron chi connectivity index (χ0n) is 17.2. The largest absolute Gasteiger partial charge is 0.383 e. The number of amides is 1. The first kappa shape index (κ1) is 21.0. The van der Waals surface area contributed by atoms with E-state index >= 15 is 0 Å². The first-order valence-corrected chi connectivity index (χ1v) is 10.1. The van der Waals surface area contributed by atoms with Gasteiger partial charge >= 0.3 is 0 Å². The normalized spacial score (nSPS) is 14.6. The van der Waals surface area contributed by atoms with Crippen LogP contribution in [0.2, 0.25) is 0 Å². The fourth-order valence-corrected chi connectivity index (χ4v) is 3.23. The van der Waals surface area contributed by atoms with Crippen LogP contribution in [0.5, 0.6) is 0 Å². The van der Waals surface area contributed by atoms with E-state index in [0.29, 0.717) is 25.3 Å². The lowest BCUT2D eigenvalue weighted by molar-refractivity contribution is 0.0937. The summed E-state index contributed by atoms with van der Waals surface area (Å²) in [6.45, 7) is 9.10. The van der Waals surface area contributed by atoms with E-state index in [1.54, 1.807) is 19.4 Å². The fraction of sp³-hybridized carbons (Fsp3) is 0.476. The molecule has 8 nitrogen and oxygen atoms in total. The first-order valence-electron chi connectivity index (χ1n) is 10.1. The highest BCUT2D eigenvalue weighted by atomic mass is 16.5. The summed E-state index contributed by atoms with van der Waals surface area (Å²) in [6.07, 6.45) is 3.44. The van der Waals surface area contributed by atoms with E-state index in [4.69, 9.17) is 4.74 Å². The lowest BCUT2D eigenvalue weighted by Crippen LogP contribution is -2.46. The van der Waals surface area contributed by atoms with Gasteiger partial charge in [-0.1, -0.05) is 6.92 Å². The number of piperazine rings is 1. The second-order valence-corrected chi connectivity index (χ2v) is 6.98. The topological polar surface area (TPSA) is 82.6 Å². The SMILES string of the molecule is CCN1CCN(c2cc(CNc3ccc(C(=O)NCCOC)cn3)ccn2)CC1. The smallest absolute Gasteiger partial charge is 0.252 e. The lowest BCUT2D eigenvalue weighted by atomic mass is 10.2. The van der Waals surface area contributed by atoms with Crippen molar-refractivity contribution in [3.63, 3.8) is 0 Å². The maximum atomic E-state index is 12.0. The summed E-state index contributed by atoms with van der Waals surface area (Å²) in [6, 6.07) is 7.72. The Hall–Kier alpha value is -2.71. The number of rotatable bonds is 9. The number of anilines is 2. The second kappa shape index (κ2) is 10.7. The molecule has 0 radical (unpaired) electrons. The molecule has 3 rings (SSSR count). The third-order valence-electron chi connectivity index (χ3n) is 5.04. The summed E-state index contributed by atoms with van der Waals surface area (Å²) in [4.78, 5) is 25.7. The third kappa shape index (κ3) is 6.13. The Labute approximate surface area is 172 Å². The molecular weight excluding hydrogens is 368 g/mol. The predicted molar refractivity (Wildman–Crippen MR) is 114 cm³/mol. The van der Waals surface area contributed by atoms with Crippen molar-refractivity contribution in [1.29, 1.82) is 0 Å². The molecule has 0 unspecified atom stereocenters. The van der Waals surface area contributed by atoms with Crippen LogP contribution in [0.15, 0.2) is 36.7 Å². The molecule has 1 saturated heterocycles. The number of likely N-dealkylation sites (N-methyl/N-ethyl adjacent to an activating group) is 1. The van der Waals surface area contributed by atoms with Gasteiger partial charge in [0, 0.05) is 58.8 Å². The molecule has 0 saturated carbocycles. The van der Waals surface area contributed by atoms with E-state index in [0.717, 1.165) is 49.9 Å². The molecule has 29 heavy (non-hydrogen) atoms. The van der Waals surface area contributed by atoms with E-state index in [2.05, 4.69) is 43.4 Å². The van der Waals surface area contributed by atoms with Crippen LogP contribution in [0.3, 0.4) is 0 Å². The van der Waals surface area contributed by atoms with Crippen LogP contribution in [-0.4, -0.2) is 73.8 Å². The molecule has 1 aliphatic heterocycles. The maximum absolute atomic E-state index is 12.0. The van der Waals surface area contributed by atoms with Crippen molar-refractivity contribution in [1.82, 2.24) is 20.2 Å². The quantitative estimate of drug-likeness (QED) is 0.621. The second-order valence-electron chi connectivity index (χ2n) is 6.98. The molecule has 0 spiro atoms. The molecule has 8 heteroatoms. The van der Waals surface area contributed by atoms with Gasteiger partial charge in [-0.05, 0) is 36.4 Å². The Kier molecular flexibility index (Phi) is 7.77. The highest BCUT2D eigenvalue weighted by Crippen LogP contribution is 2.16. The van der Waals surface area contributed by atoms with Gasteiger partial charge in [0.1, 0.15) is 11.6 Å². The molecule has 2 aromatic heterocycles. The number of aromatic nitrogens is 2. The number of carbonyl (C=O) groups is 1. The highest BCUT2D eigenvalue weighted by molar-refractivity contribution is 5.94. The van der Waals surface area contributed by atoms with Crippen molar-refractivity contribution in [2.24, 2.45) is 0 Å². The number of nitrogens with one attached hydrogen (secondary N) is 2. The standard InChI is InChI=1S/C21H30N6O2/c1-3-26-9-11-27(12-10-26)20-14-17(6-7-22-20)15-24-19-5-4-18(16-25-19)21(28)23-8-13-29-2/h4-7,14,16H,3,8-13,15H2,1-2H3,(H,23,28)(H,24,25). The minimum Gasteiger partial charge on any atom is -0.383 e. The average molecular weight is 399 g/mol. The molecule has 0 aromatic carbocycles. The van der Waals surface area contributed by atoms with Crippen LogP contribution < -0.4 is 15.5 Å². The Balaban J connectivity index is 1.52. The fourth-order valence-electron chi connectivity index (χ4n) is 3.23. The van der Waals surface area contributed by atoms with Crippen LogP contribution in [0.25, 0.3) is 0 Å². The first-order chi connectivity index (χ1) is 14.2. The summed E-state index contributed by atoms with van der Waals surface area (Å²) < 4.78 is 4.93. The van der Waals surface area contributed by atoms with Crippen LogP contribution >= 0.6 is 0 Å². The lowest BCUT2D eigenvalue weighted by Gasteiger charge is -2.34. The van der Waals surface area contributed by atoms with E-state index in [1.807, 2.05) is 18.3 Å². The van der Waals surface area contributed by atoms with Crippen molar-refractivity contribution in [3.8, 4) is 0 Å². The zero-order chi connectivity index (χ0) is 20.5. The van der Waals surface area contributed by atoms with Gasteiger partial charge in [0.2, 0.25) is 0 Å². The van der Waals surface area contributed by atoms with Gasteiger partial charge < -0.3 is 25.2 Å². The van der Waals surface area contributed by atoms with Crippen molar-refractivity contribution < 1.29 is 9.53 Å². The zero-order valence-corrected chi connectivity index (χ0v) is 17.2. The monoisotopic (exact) mass is 398 g/mol. The highest BCUT2D eigenvalue weighted by Gasteiger charge is 2.16. The van der Waals surface area contributed by atoms with Crippen molar-refractivity contribution in [2.45, 2.75) is 13.5 Å². The number of carbonyl (C=O) groups excluding carboxylic acids is 1. The number of nitrogens with zero attached hydrogens (tertiary/aromatic N) is 4. The molecule has 3 heterocycles. The van der Waals surface area contributed by atoms with Gasteiger partial charge in [0.25, 0.3) is 5.91 Å². The summed E-state index contributed by atoms with van der Waals surface area (Å²) in [5, 5.41) is 6.09. The van der Waals surface area contributed by atoms with Crippen LogP contribution in [0.1, 0.15) is 22.8 Å². The summed E-state index contributed by atoms with van der Waals surface area (Å²) >= 11 is 0. The Bertz CT molecular complexity index is 775. The van der Waals surface area contributed by atoms with Crippen molar-refractivity contribution >= 4 is 17.5 Å². The predicted octanol–water partition coefficient (Wildman–Crippen LogP) is 1.61. The molecule has 156 valence electrons. The van der Waals surface area contributed by atoms with Gasteiger partial charge in [0.15, 0.2) is 0 Å². The molecule has 0 bridgehead atoms. The summed E-state index contributed by atoms with van der Waals surface area (Å²) in [5.74, 6) is 1.60. The van der Waals surface area contributed by atoms with Gasteiger partial charge in [-0.2, -0.15) is 0 Å². The number of pyridine rings is 2. The van der Waals surface area contributed by atoms with Crippen molar-refractivity contribution in [2.75, 3.05) is 63.2 Å². The number of hydrogen-bond donors (Lipinski definition) is 2. The van der Waals surface area contributed by atoms with Gasteiger partial charge in [-0.15, -0.1) is 0 Å². The van der Waals surface area contributed by atoms with E-state index in [1.165, 1.54) is 0 Å². The Morgan fingerprint density at radius 3 is 2.69 bits per heavy atom. The number of hydrogen-bond acceptors (Lipinski definition) is 7. The van der Waals surface area contributed by atoms with Crippen LogP contribution in [-0.2, 0) is 11.3 Å². The molecular formula is C21H30N6O2. The molecule has 2 N–H and O–H groups in total. The molecule has 1 fully saturated rings. The molecule has 2 aromatic rings. The number of ether oxygens (including phenoxy) is 1. The van der Waals surface area contributed by atoms with Crippen LogP contribution in [0.4, 0.5) is 11.6 Å².